The molecule has 0 unspecified atom stereocenters. The Morgan fingerprint density at radius 2 is 1.60 bits per heavy atom. The van der Waals surface area contributed by atoms with Crippen molar-refractivity contribution < 1.29 is 22.4 Å². The van der Waals surface area contributed by atoms with Crippen LogP contribution in [0.1, 0.15) is 38.3 Å². The molecule has 0 aliphatic rings. The highest BCUT2D eigenvalue weighted by Gasteiger charge is 2.34. The number of benzene rings is 3. The number of amides is 2. The zero-order valence-corrected chi connectivity index (χ0v) is 25.0. The third kappa shape index (κ3) is 7.53. The molecule has 40 heavy (non-hydrogen) atoms. The number of rotatable bonds is 11. The topological polar surface area (TPSA) is 86.8 Å². The minimum atomic E-state index is -4.29. The summed E-state index contributed by atoms with van der Waals surface area (Å²) >= 11 is 12.7. The number of anilines is 1. The molecule has 0 bridgehead atoms. The number of hydrogen-bond donors (Lipinski definition) is 1. The Labute approximate surface area is 244 Å². The summed E-state index contributed by atoms with van der Waals surface area (Å²) in [6, 6.07) is 15.1. The SMILES string of the molecule is CC[C@H](C)NC(=O)[C@H](C)N(Cc1ccc(F)cc1)C(=O)CN(c1cccc(Cl)c1Cl)S(=O)(=O)c1ccc(C)cc1. The van der Waals surface area contributed by atoms with Gasteiger partial charge in [0.1, 0.15) is 18.4 Å². The second-order valence-corrected chi connectivity index (χ2v) is 12.2. The van der Waals surface area contributed by atoms with Gasteiger partial charge in [-0.05, 0) is 69.2 Å². The summed E-state index contributed by atoms with van der Waals surface area (Å²) in [4.78, 5) is 28.2. The van der Waals surface area contributed by atoms with Gasteiger partial charge >= 0.3 is 0 Å². The quantitative estimate of drug-likeness (QED) is 0.291. The lowest BCUT2D eigenvalue weighted by Gasteiger charge is -2.32. The summed E-state index contributed by atoms with van der Waals surface area (Å²) in [6.45, 7) is 6.41. The van der Waals surface area contributed by atoms with Crippen LogP contribution in [0.3, 0.4) is 0 Å². The van der Waals surface area contributed by atoms with E-state index in [2.05, 4.69) is 5.32 Å². The predicted molar refractivity (Wildman–Crippen MR) is 156 cm³/mol. The van der Waals surface area contributed by atoms with E-state index in [9.17, 15) is 22.4 Å². The van der Waals surface area contributed by atoms with Crippen molar-refractivity contribution in [3.05, 3.63) is 93.7 Å². The van der Waals surface area contributed by atoms with E-state index >= 15 is 0 Å². The third-order valence-corrected chi connectivity index (χ3v) is 9.11. The molecule has 0 saturated heterocycles. The van der Waals surface area contributed by atoms with E-state index in [4.69, 9.17) is 23.2 Å². The minimum Gasteiger partial charge on any atom is -0.352 e. The Bertz CT molecular complexity index is 1450. The normalized spacial score (nSPS) is 12.9. The van der Waals surface area contributed by atoms with E-state index in [1.54, 1.807) is 19.1 Å². The summed E-state index contributed by atoms with van der Waals surface area (Å²) in [5.41, 5.74) is 1.43. The second-order valence-electron chi connectivity index (χ2n) is 9.54. The van der Waals surface area contributed by atoms with Crippen LogP contribution in [-0.4, -0.2) is 43.8 Å². The van der Waals surface area contributed by atoms with Gasteiger partial charge in [0, 0.05) is 12.6 Å². The van der Waals surface area contributed by atoms with E-state index in [0.29, 0.717) is 12.0 Å². The number of sulfonamides is 1. The van der Waals surface area contributed by atoms with Crippen LogP contribution in [0.4, 0.5) is 10.1 Å². The summed E-state index contributed by atoms with van der Waals surface area (Å²) in [7, 11) is -4.29. The second kappa shape index (κ2) is 13.5. The fourth-order valence-electron chi connectivity index (χ4n) is 3.87. The number of aryl methyl sites for hydroxylation is 1. The standard InChI is InChI=1S/C29H32Cl2FN3O4S/c1-5-20(3)33-29(37)21(4)34(17-22-11-13-23(32)14-12-22)27(36)18-35(26-8-6-7-25(30)28(26)31)40(38,39)24-15-9-19(2)10-16-24/h6-16,20-21H,5,17-18H2,1-4H3,(H,33,37)/t20-,21-/m0/s1. The van der Waals surface area contributed by atoms with Crippen LogP contribution in [0, 0.1) is 12.7 Å². The van der Waals surface area contributed by atoms with Gasteiger partial charge in [0.15, 0.2) is 0 Å². The van der Waals surface area contributed by atoms with Gasteiger partial charge in [-0.1, -0.05) is 66.0 Å². The molecule has 0 aliphatic carbocycles. The van der Waals surface area contributed by atoms with E-state index in [1.165, 1.54) is 59.5 Å². The predicted octanol–water partition coefficient (Wildman–Crippen LogP) is 5.97. The molecule has 3 aromatic rings. The number of halogens is 3. The third-order valence-electron chi connectivity index (χ3n) is 6.52. The van der Waals surface area contributed by atoms with Crippen molar-refractivity contribution in [3.8, 4) is 0 Å². The average Bonchev–Trinajstić information content (AvgIpc) is 2.92. The molecule has 3 aromatic carbocycles. The molecule has 11 heteroatoms. The first-order valence-electron chi connectivity index (χ1n) is 12.7. The molecular weight excluding hydrogens is 576 g/mol. The van der Waals surface area contributed by atoms with Gasteiger partial charge in [-0.3, -0.25) is 13.9 Å². The van der Waals surface area contributed by atoms with E-state index < -0.39 is 40.2 Å². The highest BCUT2D eigenvalue weighted by Crippen LogP contribution is 2.35. The van der Waals surface area contributed by atoms with E-state index in [1.807, 2.05) is 20.8 Å². The van der Waals surface area contributed by atoms with Crippen molar-refractivity contribution in [1.82, 2.24) is 10.2 Å². The molecule has 7 nitrogen and oxygen atoms in total. The molecule has 2 amide bonds. The Balaban J connectivity index is 2.06. The van der Waals surface area contributed by atoms with Crippen LogP contribution in [0.15, 0.2) is 71.6 Å². The van der Waals surface area contributed by atoms with Gasteiger partial charge in [-0.15, -0.1) is 0 Å². The first-order chi connectivity index (χ1) is 18.8. The number of nitrogens with one attached hydrogen (secondary N) is 1. The minimum absolute atomic E-state index is 0.0153. The van der Waals surface area contributed by atoms with Gasteiger partial charge in [0.2, 0.25) is 11.8 Å². The molecule has 2 atom stereocenters. The first kappa shape index (κ1) is 31.4. The Kier molecular flexibility index (Phi) is 10.6. The maximum absolute atomic E-state index is 13.9. The molecule has 3 rings (SSSR count). The number of nitrogens with zero attached hydrogens (tertiary/aromatic N) is 2. The molecule has 0 aromatic heterocycles. The van der Waals surface area contributed by atoms with Gasteiger partial charge < -0.3 is 10.2 Å². The van der Waals surface area contributed by atoms with Crippen LogP contribution in [0.2, 0.25) is 10.0 Å². The van der Waals surface area contributed by atoms with Gasteiger partial charge in [0.25, 0.3) is 10.0 Å². The molecule has 0 saturated carbocycles. The first-order valence-corrected chi connectivity index (χ1v) is 14.9. The molecule has 0 aliphatic heterocycles. The molecular formula is C29H32Cl2FN3O4S. The van der Waals surface area contributed by atoms with E-state index in [0.717, 1.165) is 9.87 Å². The molecule has 0 fully saturated rings. The summed E-state index contributed by atoms with van der Waals surface area (Å²) in [5.74, 6) is -1.52. The molecule has 0 spiro atoms. The van der Waals surface area contributed by atoms with Crippen molar-refractivity contribution in [2.75, 3.05) is 10.8 Å². The summed E-state index contributed by atoms with van der Waals surface area (Å²) in [6.07, 6.45) is 0.681. The van der Waals surface area contributed by atoms with Crippen molar-refractivity contribution in [2.45, 2.75) is 57.6 Å². The maximum atomic E-state index is 13.9. The fraction of sp³-hybridized carbons (Fsp3) is 0.310. The molecule has 0 heterocycles. The summed E-state index contributed by atoms with van der Waals surface area (Å²) in [5, 5.41) is 2.93. The highest BCUT2D eigenvalue weighted by atomic mass is 35.5. The number of carbonyl (C=O) groups is 2. The van der Waals surface area contributed by atoms with E-state index in [-0.39, 0.29) is 33.2 Å². The largest absolute Gasteiger partial charge is 0.352 e. The monoisotopic (exact) mass is 607 g/mol. The van der Waals surface area contributed by atoms with Crippen LogP contribution < -0.4 is 9.62 Å². The fourth-order valence-corrected chi connectivity index (χ4v) is 5.74. The van der Waals surface area contributed by atoms with Crippen LogP contribution in [0.25, 0.3) is 0 Å². The zero-order chi connectivity index (χ0) is 29.6. The molecule has 214 valence electrons. The lowest BCUT2D eigenvalue weighted by atomic mass is 10.1. The summed E-state index contributed by atoms with van der Waals surface area (Å²) < 4.78 is 42.2. The van der Waals surface area contributed by atoms with Crippen LogP contribution in [-0.2, 0) is 26.2 Å². The molecule has 1 N–H and O–H groups in total. The average molecular weight is 609 g/mol. The smallest absolute Gasteiger partial charge is 0.264 e. The zero-order valence-electron chi connectivity index (χ0n) is 22.7. The Morgan fingerprint density at radius 3 is 2.20 bits per heavy atom. The van der Waals surface area contributed by atoms with Crippen molar-refractivity contribution in [2.24, 2.45) is 0 Å². The Morgan fingerprint density at radius 1 is 0.975 bits per heavy atom. The highest BCUT2D eigenvalue weighted by molar-refractivity contribution is 7.92. The van der Waals surface area contributed by atoms with Gasteiger partial charge in [0.05, 0.1) is 20.6 Å². The molecule has 0 radical (unpaired) electrons. The van der Waals surface area contributed by atoms with Crippen molar-refractivity contribution in [1.29, 1.82) is 0 Å². The van der Waals surface area contributed by atoms with Gasteiger partial charge in [-0.25, -0.2) is 12.8 Å². The van der Waals surface area contributed by atoms with Crippen molar-refractivity contribution in [3.63, 3.8) is 0 Å². The van der Waals surface area contributed by atoms with Gasteiger partial charge in [-0.2, -0.15) is 0 Å². The lowest BCUT2D eigenvalue weighted by molar-refractivity contribution is -0.139. The number of carbonyl (C=O) groups excluding carboxylic acids is 2. The number of hydrogen-bond acceptors (Lipinski definition) is 4. The van der Waals surface area contributed by atoms with Crippen molar-refractivity contribution >= 4 is 50.7 Å². The Hall–Kier alpha value is -3.14. The van der Waals surface area contributed by atoms with Crippen LogP contribution >= 0.6 is 23.2 Å². The lowest BCUT2D eigenvalue weighted by Crippen LogP contribution is -2.52. The van der Waals surface area contributed by atoms with Crippen LogP contribution in [0.5, 0.6) is 0 Å². The maximum Gasteiger partial charge on any atom is 0.264 e.